The number of phenolic OH excluding ortho intramolecular Hbond substituents is 2. The molecule has 0 aromatic heterocycles. The van der Waals surface area contributed by atoms with E-state index >= 15 is 0 Å². The van der Waals surface area contributed by atoms with E-state index in [-0.39, 0.29) is 42.4 Å². The van der Waals surface area contributed by atoms with E-state index < -0.39 is 23.1 Å². The first-order valence-electron chi connectivity index (χ1n) is 16.5. The van der Waals surface area contributed by atoms with Gasteiger partial charge in [0.1, 0.15) is 28.6 Å². The SMILES string of the molecule is C=C(C)C1CCC2(C(=O)OCC)CC13Oc1cc(C/C=C(/CC/C=C(\C)CCC=C(C)C)C(=O)O)c(O)cc1-c1c(O)ccc(c13)O2. The highest BCUT2D eigenvalue weighted by Crippen LogP contribution is 2.64. The van der Waals surface area contributed by atoms with Crippen LogP contribution < -0.4 is 9.47 Å². The largest absolute Gasteiger partial charge is 0.508 e. The first kappa shape index (κ1) is 33.9. The summed E-state index contributed by atoms with van der Waals surface area (Å²) in [4.78, 5) is 25.5. The molecule has 8 heteroatoms. The third kappa shape index (κ3) is 6.42. The zero-order valence-electron chi connectivity index (χ0n) is 28.1. The molecule has 1 saturated carbocycles. The number of hydrogen-bond acceptors (Lipinski definition) is 7. The van der Waals surface area contributed by atoms with Crippen molar-refractivity contribution < 1.29 is 39.1 Å². The highest BCUT2D eigenvalue weighted by Gasteiger charge is 2.64. The van der Waals surface area contributed by atoms with Crippen LogP contribution in [0.2, 0.25) is 0 Å². The minimum absolute atomic E-state index is 0.00430. The number of allylic oxidation sites excluding steroid dienone is 5. The second-order valence-corrected chi connectivity index (χ2v) is 13.4. The van der Waals surface area contributed by atoms with E-state index in [4.69, 9.17) is 14.2 Å². The Morgan fingerprint density at radius 2 is 1.74 bits per heavy atom. The van der Waals surface area contributed by atoms with Crippen molar-refractivity contribution in [2.24, 2.45) is 5.92 Å². The van der Waals surface area contributed by atoms with Gasteiger partial charge in [0.15, 0.2) is 0 Å². The van der Waals surface area contributed by atoms with Crippen molar-refractivity contribution in [1.29, 1.82) is 0 Å². The highest BCUT2D eigenvalue weighted by atomic mass is 16.6. The summed E-state index contributed by atoms with van der Waals surface area (Å²) in [6, 6.07) is 6.43. The van der Waals surface area contributed by atoms with Gasteiger partial charge in [0.2, 0.25) is 5.60 Å². The molecule has 8 nitrogen and oxygen atoms in total. The van der Waals surface area contributed by atoms with E-state index in [2.05, 4.69) is 39.5 Å². The van der Waals surface area contributed by atoms with E-state index in [1.54, 1.807) is 31.2 Å². The summed E-state index contributed by atoms with van der Waals surface area (Å²) in [5.74, 6) is -0.855. The van der Waals surface area contributed by atoms with Gasteiger partial charge in [-0.05, 0) is 104 Å². The molecule has 3 unspecified atom stereocenters. The van der Waals surface area contributed by atoms with Crippen molar-refractivity contribution in [3.05, 3.63) is 82.5 Å². The predicted octanol–water partition coefficient (Wildman–Crippen LogP) is 8.45. The minimum Gasteiger partial charge on any atom is -0.508 e. The normalized spacial score (nSPS) is 22.6. The smallest absolute Gasteiger partial charge is 0.350 e. The molecule has 3 aliphatic rings. The van der Waals surface area contributed by atoms with Crippen LogP contribution in [0.3, 0.4) is 0 Å². The standard InChI is InChI=1S/C39H46O8/c1-7-45-37(44)38-19-18-29(24(4)5)39(22-38)35-32(46-38)17-16-30(40)34(35)28-21-31(41)27(20-33(28)47-39)15-14-26(36(42)43)13-9-12-25(6)11-8-10-23(2)3/h10,12,14,16-17,20-21,29,40-41H,4,7-9,11,13,15,18-19,22H2,1-3,5-6H3,(H,42,43)/b25-12+,26-14-. The van der Waals surface area contributed by atoms with Crippen LogP contribution in [-0.4, -0.2) is 39.5 Å². The second-order valence-electron chi connectivity index (χ2n) is 13.4. The number of ether oxygens (including phenoxy) is 3. The van der Waals surface area contributed by atoms with Crippen molar-refractivity contribution in [3.8, 4) is 34.1 Å². The maximum atomic E-state index is 13.4. The van der Waals surface area contributed by atoms with Crippen molar-refractivity contribution in [1.82, 2.24) is 0 Å². The molecule has 47 heavy (non-hydrogen) atoms. The molecule has 2 heterocycles. The average Bonchev–Trinajstić information content (AvgIpc) is 3.00. The van der Waals surface area contributed by atoms with Crippen LogP contribution in [-0.2, 0) is 26.3 Å². The van der Waals surface area contributed by atoms with Gasteiger partial charge >= 0.3 is 11.9 Å². The van der Waals surface area contributed by atoms with Crippen LogP contribution >= 0.6 is 0 Å². The number of aromatic hydroxyl groups is 2. The molecule has 2 bridgehead atoms. The van der Waals surface area contributed by atoms with E-state index in [0.717, 1.165) is 18.4 Å². The van der Waals surface area contributed by atoms with Gasteiger partial charge in [-0.2, -0.15) is 0 Å². The number of phenols is 2. The Bertz CT molecular complexity index is 1690. The number of carboxylic acid groups (broad SMARTS) is 1. The molecule has 0 amide bonds. The molecule has 1 aliphatic carbocycles. The zero-order valence-corrected chi connectivity index (χ0v) is 28.1. The van der Waals surface area contributed by atoms with Gasteiger partial charge in [-0.1, -0.05) is 41.5 Å². The van der Waals surface area contributed by atoms with Crippen LogP contribution in [0.4, 0.5) is 0 Å². The number of hydrogen-bond donors (Lipinski definition) is 3. The zero-order chi connectivity index (χ0) is 34.1. The Kier molecular flexibility index (Phi) is 9.62. The lowest BCUT2D eigenvalue weighted by Crippen LogP contribution is -2.62. The molecule has 0 saturated heterocycles. The molecule has 0 radical (unpaired) electrons. The maximum absolute atomic E-state index is 13.4. The number of esters is 1. The lowest BCUT2D eigenvalue weighted by molar-refractivity contribution is -0.183. The summed E-state index contributed by atoms with van der Waals surface area (Å²) in [5.41, 5.74) is 3.37. The molecule has 3 atom stereocenters. The Hall–Kier alpha value is -4.46. The Morgan fingerprint density at radius 3 is 2.43 bits per heavy atom. The lowest BCUT2D eigenvalue weighted by Gasteiger charge is -2.56. The van der Waals surface area contributed by atoms with Crippen LogP contribution in [0.25, 0.3) is 11.1 Å². The number of carbonyl (C=O) groups is 2. The predicted molar refractivity (Wildman–Crippen MR) is 181 cm³/mol. The highest BCUT2D eigenvalue weighted by molar-refractivity contribution is 5.88. The molecule has 2 aliphatic heterocycles. The van der Waals surface area contributed by atoms with Crippen molar-refractivity contribution in [2.75, 3.05) is 6.61 Å². The minimum atomic E-state index is -1.27. The van der Waals surface area contributed by atoms with Gasteiger partial charge in [-0.15, -0.1) is 0 Å². The Morgan fingerprint density at radius 1 is 1.00 bits per heavy atom. The third-order valence-corrected chi connectivity index (χ3v) is 9.65. The summed E-state index contributed by atoms with van der Waals surface area (Å²) in [6.45, 7) is 14.4. The molecule has 2 aromatic rings. The van der Waals surface area contributed by atoms with Crippen LogP contribution in [0.5, 0.6) is 23.0 Å². The van der Waals surface area contributed by atoms with Crippen molar-refractivity contribution in [2.45, 2.75) is 97.2 Å². The summed E-state index contributed by atoms with van der Waals surface area (Å²) >= 11 is 0. The first-order chi connectivity index (χ1) is 22.3. The van der Waals surface area contributed by atoms with Crippen molar-refractivity contribution >= 4 is 11.9 Å². The fourth-order valence-corrected chi connectivity index (χ4v) is 7.38. The van der Waals surface area contributed by atoms with Gasteiger partial charge in [-0.3, -0.25) is 0 Å². The van der Waals surface area contributed by atoms with E-state index in [0.29, 0.717) is 59.4 Å². The molecule has 1 spiro atoms. The quantitative estimate of drug-likeness (QED) is 0.120. The van der Waals surface area contributed by atoms with Crippen LogP contribution in [0.15, 0.2) is 71.4 Å². The fourth-order valence-electron chi connectivity index (χ4n) is 7.38. The molecule has 3 N–H and O–H groups in total. The molecule has 250 valence electrons. The van der Waals surface area contributed by atoms with E-state index in [9.17, 15) is 24.9 Å². The molecule has 5 rings (SSSR count). The van der Waals surface area contributed by atoms with Gasteiger partial charge in [0, 0.05) is 40.2 Å². The van der Waals surface area contributed by atoms with Gasteiger partial charge < -0.3 is 29.5 Å². The average molecular weight is 643 g/mol. The third-order valence-electron chi connectivity index (χ3n) is 9.65. The monoisotopic (exact) mass is 642 g/mol. The van der Waals surface area contributed by atoms with Gasteiger partial charge in [0.05, 0.1) is 6.61 Å². The van der Waals surface area contributed by atoms with Crippen molar-refractivity contribution in [3.63, 3.8) is 0 Å². The molecule has 1 fully saturated rings. The molecule has 2 aromatic carbocycles. The molecular weight excluding hydrogens is 596 g/mol. The first-order valence-corrected chi connectivity index (χ1v) is 16.5. The van der Waals surface area contributed by atoms with E-state index in [1.807, 2.05) is 6.92 Å². The summed E-state index contributed by atoms with van der Waals surface area (Å²) in [5, 5.41) is 32.3. The number of carboxylic acids is 1. The summed E-state index contributed by atoms with van der Waals surface area (Å²) < 4.78 is 18.9. The fraction of sp³-hybridized carbons (Fsp3) is 0.436. The van der Waals surface area contributed by atoms with Gasteiger partial charge in [-0.25, -0.2) is 9.59 Å². The van der Waals surface area contributed by atoms with Gasteiger partial charge in [0.25, 0.3) is 0 Å². The van der Waals surface area contributed by atoms with E-state index in [1.165, 1.54) is 17.2 Å². The maximum Gasteiger partial charge on any atom is 0.350 e. The number of rotatable bonds is 12. The number of carbonyl (C=O) groups excluding carboxylic acids is 1. The summed E-state index contributed by atoms with van der Waals surface area (Å²) in [7, 11) is 0. The Labute approximate surface area is 277 Å². The summed E-state index contributed by atoms with van der Waals surface area (Å²) in [6.07, 6.45) is 10.1. The number of fused-ring (bicyclic) bond motifs is 3. The topological polar surface area (TPSA) is 123 Å². The number of aliphatic carboxylic acids is 1. The number of benzene rings is 2. The second kappa shape index (κ2) is 13.3. The van der Waals surface area contributed by atoms with Crippen LogP contribution in [0.1, 0.15) is 90.7 Å². The molecular formula is C39H46O8. The lowest BCUT2D eigenvalue weighted by atomic mass is 9.60. The van der Waals surface area contributed by atoms with Crippen LogP contribution in [0, 0.1) is 5.92 Å². The Balaban J connectivity index is 1.50.